The molecule has 0 aliphatic carbocycles. The van der Waals surface area contributed by atoms with E-state index in [1.54, 1.807) is 7.11 Å². The smallest absolute Gasteiger partial charge is 0.115 e. The molecule has 1 heterocycles. The maximum atomic E-state index is 5.71. The first-order chi connectivity index (χ1) is 7.20. The molecule has 0 N–H and O–H groups in total. The average Bonchev–Trinajstić information content (AvgIpc) is 2.25. The summed E-state index contributed by atoms with van der Waals surface area (Å²) in [5, 5.41) is 0. The molecule has 0 aromatic rings. The van der Waals surface area contributed by atoms with E-state index in [1.165, 1.54) is 5.70 Å². The van der Waals surface area contributed by atoms with Crippen molar-refractivity contribution in [2.45, 2.75) is 27.2 Å². The van der Waals surface area contributed by atoms with Crippen molar-refractivity contribution in [3.05, 3.63) is 11.5 Å². The van der Waals surface area contributed by atoms with E-state index in [1.807, 2.05) is 0 Å². The van der Waals surface area contributed by atoms with Crippen LogP contribution in [0.3, 0.4) is 0 Å². The molecular weight excluding hydrogens is 190 g/mol. The molecule has 0 atom stereocenters. The van der Waals surface area contributed by atoms with Gasteiger partial charge in [0, 0.05) is 20.1 Å². The van der Waals surface area contributed by atoms with Crippen molar-refractivity contribution in [2.24, 2.45) is 5.92 Å². The van der Waals surface area contributed by atoms with Gasteiger partial charge in [-0.05, 0) is 5.92 Å². The van der Waals surface area contributed by atoms with Gasteiger partial charge in [-0.15, -0.1) is 0 Å². The molecule has 0 saturated heterocycles. The van der Waals surface area contributed by atoms with Crippen molar-refractivity contribution < 1.29 is 9.47 Å². The minimum atomic E-state index is 0.525. The van der Waals surface area contributed by atoms with Crippen LogP contribution in [0.5, 0.6) is 0 Å². The summed E-state index contributed by atoms with van der Waals surface area (Å²) < 4.78 is 10.8. The van der Waals surface area contributed by atoms with Crippen LogP contribution in [0.15, 0.2) is 11.5 Å². The van der Waals surface area contributed by atoms with E-state index in [-0.39, 0.29) is 0 Å². The van der Waals surface area contributed by atoms with Gasteiger partial charge < -0.3 is 14.4 Å². The molecule has 0 fully saturated rings. The highest BCUT2D eigenvalue weighted by Gasteiger charge is 2.22. The van der Waals surface area contributed by atoms with Gasteiger partial charge in [-0.25, -0.2) is 0 Å². The predicted molar refractivity (Wildman–Crippen MR) is 61.6 cm³/mol. The monoisotopic (exact) mass is 213 g/mol. The fraction of sp³-hybridized carbons (Fsp3) is 0.833. The van der Waals surface area contributed by atoms with Crippen LogP contribution in [-0.2, 0) is 9.47 Å². The molecule has 0 aromatic carbocycles. The van der Waals surface area contributed by atoms with Crippen molar-refractivity contribution in [3.8, 4) is 0 Å². The summed E-state index contributed by atoms with van der Waals surface area (Å²) in [4.78, 5) is 2.40. The fourth-order valence-electron chi connectivity index (χ4n) is 2.05. The Balaban J connectivity index is 2.76. The van der Waals surface area contributed by atoms with Gasteiger partial charge >= 0.3 is 0 Å². The summed E-state index contributed by atoms with van der Waals surface area (Å²) >= 11 is 0. The molecule has 1 aliphatic heterocycles. The van der Waals surface area contributed by atoms with E-state index in [2.05, 4.69) is 25.7 Å². The van der Waals surface area contributed by atoms with E-state index >= 15 is 0 Å². The summed E-state index contributed by atoms with van der Waals surface area (Å²) in [5.41, 5.74) is 1.36. The summed E-state index contributed by atoms with van der Waals surface area (Å²) in [6.07, 6.45) is 0.983. The van der Waals surface area contributed by atoms with Gasteiger partial charge in [0.15, 0.2) is 0 Å². The fourth-order valence-corrected chi connectivity index (χ4v) is 2.05. The van der Waals surface area contributed by atoms with Gasteiger partial charge in [0.05, 0.1) is 18.8 Å². The third-order valence-electron chi connectivity index (χ3n) is 2.70. The zero-order chi connectivity index (χ0) is 11.3. The van der Waals surface area contributed by atoms with Crippen LogP contribution >= 0.6 is 0 Å². The van der Waals surface area contributed by atoms with Gasteiger partial charge in [0.2, 0.25) is 0 Å². The zero-order valence-electron chi connectivity index (χ0n) is 10.4. The third kappa shape index (κ3) is 3.13. The number of hydrogen-bond acceptors (Lipinski definition) is 3. The number of methoxy groups -OCH3 is 1. The number of hydrogen-bond donors (Lipinski definition) is 0. The average molecular weight is 213 g/mol. The van der Waals surface area contributed by atoms with Crippen LogP contribution in [-0.4, -0.2) is 38.3 Å². The normalized spacial score (nSPS) is 17.3. The maximum absolute atomic E-state index is 5.71. The summed E-state index contributed by atoms with van der Waals surface area (Å²) in [6.45, 7) is 10.1. The topological polar surface area (TPSA) is 21.7 Å². The van der Waals surface area contributed by atoms with Crippen molar-refractivity contribution in [1.82, 2.24) is 4.90 Å². The molecule has 0 unspecified atom stereocenters. The third-order valence-corrected chi connectivity index (χ3v) is 2.70. The molecule has 88 valence electrons. The molecule has 0 bridgehead atoms. The Morgan fingerprint density at radius 1 is 1.47 bits per heavy atom. The first-order valence-corrected chi connectivity index (χ1v) is 5.80. The molecule has 1 aliphatic rings. The van der Waals surface area contributed by atoms with E-state index in [9.17, 15) is 0 Å². The van der Waals surface area contributed by atoms with Gasteiger partial charge in [-0.2, -0.15) is 0 Å². The lowest BCUT2D eigenvalue weighted by molar-refractivity contribution is 0.0906. The summed E-state index contributed by atoms with van der Waals surface area (Å²) in [5.74, 6) is 1.68. The number of nitrogens with zero attached hydrogens (tertiary/aromatic N) is 1. The molecule has 3 heteroatoms. The molecule has 0 radical (unpaired) electrons. The van der Waals surface area contributed by atoms with E-state index < -0.39 is 0 Å². The molecule has 1 rings (SSSR count). The predicted octanol–water partition coefficient (Wildman–Crippen LogP) is 2.24. The Hall–Kier alpha value is -0.700. The second-order valence-electron chi connectivity index (χ2n) is 4.14. The minimum absolute atomic E-state index is 0.525. The van der Waals surface area contributed by atoms with Crippen LogP contribution < -0.4 is 0 Å². The first-order valence-electron chi connectivity index (χ1n) is 5.80. The largest absolute Gasteiger partial charge is 0.494 e. The molecule has 15 heavy (non-hydrogen) atoms. The van der Waals surface area contributed by atoms with Crippen molar-refractivity contribution in [2.75, 3.05) is 33.4 Å². The standard InChI is InChI=1S/C12H23NO2/c1-5-11-12(10(2)3)13(6-8-14-4)7-9-15-11/h10H,5-9H2,1-4H3. The van der Waals surface area contributed by atoms with Gasteiger partial charge in [0.1, 0.15) is 12.4 Å². The highest BCUT2D eigenvalue weighted by atomic mass is 16.5. The van der Waals surface area contributed by atoms with Gasteiger partial charge in [0.25, 0.3) is 0 Å². The number of allylic oxidation sites excluding steroid dienone is 2. The minimum Gasteiger partial charge on any atom is -0.494 e. The Morgan fingerprint density at radius 3 is 2.73 bits per heavy atom. The van der Waals surface area contributed by atoms with Crippen molar-refractivity contribution >= 4 is 0 Å². The molecule has 3 nitrogen and oxygen atoms in total. The quantitative estimate of drug-likeness (QED) is 0.699. The second-order valence-corrected chi connectivity index (χ2v) is 4.14. The van der Waals surface area contributed by atoms with Crippen LogP contribution in [0, 0.1) is 5.92 Å². The Kier molecular flexibility index (Phi) is 4.95. The number of ether oxygens (including phenoxy) is 2. The lowest BCUT2D eigenvalue weighted by atomic mass is 10.1. The number of rotatable bonds is 5. The van der Waals surface area contributed by atoms with Crippen LogP contribution in [0.2, 0.25) is 0 Å². The Morgan fingerprint density at radius 2 is 2.20 bits per heavy atom. The van der Waals surface area contributed by atoms with E-state index in [4.69, 9.17) is 9.47 Å². The molecule has 0 spiro atoms. The lowest BCUT2D eigenvalue weighted by Crippen LogP contribution is -2.37. The lowest BCUT2D eigenvalue weighted by Gasteiger charge is -2.35. The van der Waals surface area contributed by atoms with Crippen LogP contribution in [0.25, 0.3) is 0 Å². The molecule has 0 saturated carbocycles. The zero-order valence-corrected chi connectivity index (χ0v) is 10.4. The Bertz CT molecular complexity index is 224. The maximum Gasteiger partial charge on any atom is 0.115 e. The SMILES string of the molecule is CCC1=C(C(C)C)N(CCOC)CCO1. The van der Waals surface area contributed by atoms with Crippen molar-refractivity contribution in [1.29, 1.82) is 0 Å². The molecule has 0 amide bonds. The first kappa shape index (κ1) is 12.4. The van der Waals surface area contributed by atoms with E-state index in [0.29, 0.717) is 5.92 Å². The highest BCUT2D eigenvalue weighted by molar-refractivity contribution is 5.12. The summed E-state index contributed by atoms with van der Waals surface area (Å²) in [7, 11) is 1.75. The van der Waals surface area contributed by atoms with Crippen LogP contribution in [0.4, 0.5) is 0 Å². The molecular formula is C12H23NO2. The Labute approximate surface area is 93.0 Å². The van der Waals surface area contributed by atoms with Crippen LogP contribution in [0.1, 0.15) is 27.2 Å². The van der Waals surface area contributed by atoms with E-state index in [0.717, 1.165) is 38.5 Å². The second kappa shape index (κ2) is 6.01. The highest BCUT2D eigenvalue weighted by Crippen LogP contribution is 2.25. The van der Waals surface area contributed by atoms with Gasteiger partial charge in [-0.3, -0.25) is 0 Å². The summed E-state index contributed by atoms with van der Waals surface area (Å²) in [6, 6.07) is 0. The van der Waals surface area contributed by atoms with Gasteiger partial charge in [-0.1, -0.05) is 20.8 Å². The molecule has 0 aromatic heterocycles. The van der Waals surface area contributed by atoms with Crippen molar-refractivity contribution in [3.63, 3.8) is 0 Å².